The topological polar surface area (TPSA) is 97.1 Å². The predicted octanol–water partition coefficient (Wildman–Crippen LogP) is 4.87. The zero-order valence-corrected chi connectivity index (χ0v) is 21.5. The zero-order valence-electron chi connectivity index (χ0n) is 19.4. The van der Waals surface area contributed by atoms with Gasteiger partial charge in [0, 0.05) is 24.0 Å². The molecule has 2 N–H and O–H groups in total. The molecule has 1 aliphatic carbocycles. The van der Waals surface area contributed by atoms with Crippen molar-refractivity contribution in [2.24, 2.45) is 5.73 Å². The number of rotatable bonds is 7. The molecule has 1 aliphatic heterocycles. The number of benzene rings is 2. The van der Waals surface area contributed by atoms with Crippen LogP contribution in [0.1, 0.15) is 43.2 Å². The Labute approximate surface area is 216 Å². The van der Waals surface area contributed by atoms with Crippen molar-refractivity contribution in [2.45, 2.75) is 38.7 Å². The van der Waals surface area contributed by atoms with Gasteiger partial charge in [-0.25, -0.2) is 9.18 Å². The Kier molecular flexibility index (Phi) is 7.63. The molecule has 0 unspecified atom stereocenters. The number of carbonyl (C=O) groups excluding carboxylic acids is 2. The SMILES string of the molecule is CCOc1cc([C@@H]2C(C(=O)OC)=C(N)OC3=C2C(=O)CCC3)cc(I)c1OCc1ccccc1F. The van der Waals surface area contributed by atoms with Gasteiger partial charge in [-0.1, -0.05) is 18.2 Å². The van der Waals surface area contributed by atoms with Crippen LogP contribution in [0, 0.1) is 9.39 Å². The largest absolute Gasteiger partial charge is 0.490 e. The fraction of sp³-hybridized carbons (Fsp3) is 0.308. The number of methoxy groups -OCH3 is 1. The fourth-order valence-electron chi connectivity index (χ4n) is 4.32. The number of Topliss-reactive ketones (excluding diaryl/α,β-unsaturated/α-hetero) is 1. The average molecular weight is 593 g/mol. The van der Waals surface area contributed by atoms with Crippen LogP contribution in [0.2, 0.25) is 0 Å². The van der Waals surface area contributed by atoms with Gasteiger partial charge in [0.25, 0.3) is 0 Å². The molecule has 184 valence electrons. The molecular formula is C26H25FINO6. The summed E-state index contributed by atoms with van der Waals surface area (Å²) in [5.41, 5.74) is 7.64. The monoisotopic (exact) mass is 593 g/mol. The lowest BCUT2D eigenvalue weighted by Gasteiger charge is -2.32. The Hall–Kier alpha value is -3.08. The van der Waals surface area contributed by atoms with Crippen LogP contribution in [-0.2, 0) is 25.7 Å². The second kappa shape index (κ2) is 10.7. The summed E-state index contributed by atoms with van der Waals surface area (Å²) in [6.07, 6.45) is 1.55. The lowest BCUT2D eigenvalue weighted by molar-refractivity contribution is -0.136. The molecule has 0 aromatic heterocycles. The van der Waals surface area contributed by atoms with Crippen LogP contribution in [-0.4, -0.2) is 25.5 Å². The van der Waals surface area contributed by atoms with Gasteiger partial charge < -0.3 is 24.7 Å². The number of halogens is 2. The molecule has 0 saturated heterocycles. The average Bonchev–Trinajstić information content (AvgIpc) is 2.83. The normalized spacial score (nSPS) is 17.6. The van der Waals surface area contributed by atoms with Crippen molar-refractivity contribution in [1.29, 1.82) is 0 Å². The number of esters is 1. The maximum Gasteiger partial charge on any atom is 0.340 e. The summed E-state index contributed by atoms with van der Waals surface area (Å²) >= 11 is 2.10. The Balaban J connectivity index is 1.80. The number of nitrogens with two attached hydrogens (primary N) is 1. The number of ketones is 1. The second-order valence-electron chi connectivity index (χ2n) is 8.06. The standard InChI is InChI=1S/C26H25FINO6/c1-3-33-20-12-15(11-17(28)24(20)34-13-14-7-4-5-8-16(14)27)21-22-18(30)9-6-10-19(22)35-25(29)23(21)26(31)32-2/h4-5,7-8,11-12,21H,3,6,9-10,13,29H2,1-2H3/t21-/m0/s1. The third kappa shape index (κ3) is 5.00. The van der Waals surface area contributed by atoms with E-state index in [4.69, 9.17) is 24.7 Å². The van der Waals surface area contributed by atoms with E-state index in [0.29, 0.717) is 63.4 Å². The molecule has 1 atom stereocenters. The number of ether oxygens (including phenoxy) is 4. The summed E-state index contributed by atoms with van der Waals surface area (Å²) < 4.78 is 37.3. The molecule has 2 aliphatic rings. The summed E-state index contributed by atoms with van der Waals surface area (Å²) in [6, 6.07) is 9.91. The molecular weight excluding hydrogens is 568 g/mol. The van der Waals surface area contributed by atoms with Crippen LogP contribution in [0.15, 0.2) is 59.2 Å². The van der Waals surface area contributed by atoms with Crippen LogP contribution >= 0.6 is 22.6 Å². The van der Waals surface area contributed by atoms with Gasteiger partial charge in [0.1, 0.15) is 23.8 Å². The molecule has 7 nitrogen and oxygen atoms in total. The van der Waals surface area contributed by atoms with Crippen molar-refractivity contribution in [3.8, 4) is 11.5 Å². The van der Waals surface area contributed by atoms with Gasteiger partial charge in [-0.3, -0.25) is 4.79 Å². The first-order valence-electron chi connectivity index (χ1n) is 11.2. The number of carbonyl (C=O) groups is 2. The van der Waals surface area contributed by atoms with E-state index >= 15 is 0 Å². The molecule has 0 radical (unpaired) electrons. The van der Waals surface area contributed by atoms with Crippen molar-refractivity contribution < 1.29 is 32.9 Å². The van der Waals surface area contributed by atoms with Crippen molar-refractivity contribution in [2.75, 3.05) is 13.7 Å². The molecule has 0 amide bonds. The Morgan fingerprint density at radius 3 is 2.71 bits per heavy atom. The number of hydrogen-bond donors (Lipinski definition) is 1. The van der Waals surface area contributed by atoms with E-state index in [0.717, 1.165) is 0 Å². The first-order valence-corrected chi connectivity index (χ1v) is 12.3. The van der Waals surface area contributed by atoms with Gasteiger partial charge in [0.2, 0.25) is 5.88 Å². The van der Waals surface area contributed by atoms with Crippen LogP contribution < -0.4 is 15.2 Å². The minimum Gasteiger partial charge on any atom is -0.490 e. The first kappa shape index (κ1) is 25.0. The maximum absolute atomic E-state index is 14.1. The molecule has 0 saturated carbocycles. The van der Waals surface area contributed by atoms with E-state index in [2.05, 4.69) is 22.6 Å². The molecule has 2 aromatic carbocycles. The summed E-state index contributed by atoms with van der Waals surface area (Å²) in [4.78, 5) is 25.7. The molecule has 0 spiro atoms. The number of hydrogen-bond acceptors (Lipinski definition) is 7. The Bertz CT molecular complexity index is 1240. The van der Waals surface area contributed by atoms with E-state index in [-0.39, 0.29) is 29.7 Å². The van der Waals surface area contributed by atoms with E-state index in [9.17, 15) is 14.0 Å². The summed E-state index contributed by atoms with van der Waals surface area (Å²) in [7, 11) is 1.25. The number of allylic oxidation sites excluding steroid dienone is 2. The molecule has 0 fully saturated rings. The summed E-state index contributed by atoms with van der Waals surface area (Å²) in [5.74, 6) is -0.668. The van der Waals surface area contributed by atoms with Gasteiger partial charge in [0.05, 0.1) is 23.2 Å². The van der Waals surface area contributed by atoms with Gasteiger partial charge in [-0.2, -0.15) is 0 Å². The van der Waals surface area contributed by atoms with Gasteiger partial charge in [-0.05, 0) is 59.7 Å². The molecule has 1 heterocycles. The molecule has 9 heteroatoms. The van der Waals surface area contributed by atoms with Crippen LogP contribution in [0.25, 0.3) is 0 Å². The van der Waals surface area contributed by atoms with Gasteiger partial charge in [-0.15, -0.1) is 0 Å². The van der Waals surface area contributed by atoms with E-state index in [1.54, 1.807) is 30.3 Å². The van der Waals surface area contributed by atoms with Crippen molar-refractivity contribution in [3.05, 3.63) is 79.7 Å². The summed E-state index contributed by atoms with van der Waals surface area (Å²) in [5, 5.41) is 0. The van der Waals surface area contributed by atoms with Crippen LogP contribution in [0.4, 0.5) is 4.39 Å². The highest BCUT2D eigenvalue weighted by Gasteiger charge is 2.41. The molecule has 2 aromatic rings. The Morgan fingerprint density at radius 2 is 2.00 bits per heavy atom. The van der Waals surface area contributed by atoms with Crippen molar-refractivity contribution >= 4 is 34.3 Å². The summed E-state index contributed by atoms with van der Waals surface area (Å²) in [6.45, 7) is 2.18. The van der Waals surface area contributed by atoms with Gasteiger partial charge >= 0.3 is 5.97 Å². The minimum absolute atomic E-state index is 0.00735. The third-order valence-corrected chi connectivity index (χ3v) is 6.69. The van der Waals surface area contributed by atoms with E-state index < -0.39 is 11.9 Å². The lowest BCUT2D eigenvalue weighted by Crippen LogP contribution is -2.31. The smallest absolute Gasteiger partial charge is 0.340 e. The van der Waals surface area contributed by atoms with Gasteiger partial charge in [0.15, 0.2) is 17.3 Å². The Morgan fingerprint density at radius 1 is 1.23 bits per heavy atom. The van der Waals surface area contributed by atoms with Crippen LogP contribution in [0.5, 0.6) is 11.5 Å². The highest BCUT2D eigenvalue weighted by molar-refractivity contribution is 14.1. The van der Waals surface area contributed by atoms with E-state index in [1.807, 2.05) is 6.92 Å². The zero-order chi connectivity index (χ0) is 25.1. The lowest BCUT2D eigenvalue weighted by atomic mass is 9.77. The predicted molar refractivity (Wildman–Crippen MR) is 134 cm³/mol. The fourth-order valence-corrected chi connectivity index (χ4v) is 5.10. The highest BCUT2D eigenvalue weighted by atomic mass is 127. The first-order chi connectivity index (χ1) is 16.8. The van der Waals surface area contributed by atoms with Crippen molar-refractivity contribution in [3.63, 3.8) is 0 Å². The molecule has 0 bridgehead atoms. The van der Waals surface area contributed by atoms with Crippen molar-refractivity contribution in [1.82, 2.24) is 0 Å². The second-order valence-corrected chi connectivity index (χ2v) is 9.22. The third-order valence-electron chi connectivity index (χ3n) is 5.88. The minimum atomic E-state index is -0.771. The molecule has 4 rings (SSSR count). The van der Waals surface area contributed by atoms with E-state index in [1.165, 1.54) is 13.2 Å². The van der Waals surface area contributed by atoms with Crippen LogP contribution in [0.3, 0.4) is 0 Å². The highest BCUT2D eigenvalue weighted by Crippen LogP contribution is 2.46. The maximum atomic E-state index is 14.1. The molecule has 35 heavy (non-hydrogen) atoms. The quantitative estimate of drug-likeness (QED) is 0.362.